The maximum absolute atomic E-state index is 5.12. The predicted octanol–water partition coefficient (Wildman–Crippen LogP) is 3.23. The van der Waals surface area contributed by atoms with Crippen LogP contribution in [0, 0.1) is 0 Å². The monoisotopic (exact) mass is 221 g/mol. The molecule has 2 nitrogen and oxygen atoms in total. The SMILES string of the molecule is CCNC(Cc1cccs1)c1ccoc1. The highest BCUT2D eigenvalue weighted by Crippen LogP contribution is 2.21. The minimum Gasteiger partial charge on any atom is -0.472 e. The predicted molar refractivity (Wildman–Crippen MR) is 63.1 cm³/mol. The van der Waals surface area contributed by atoms with E-state index in [1.165, 1.54) is 10.4 Å². The molecule has 2 aromatic rings. The molecule has 1 atom stereocenters. The molecule has 0 aliphatic carbocycles. The lowest BCUT2D eigenvalue weighted by atomic mass is 10.1. The topological polar surface area (TPSA) is 25.2 Å². The highest BCUT2D eigenvalue weighted by Gasteiger charge is 2.12. The van der Waals surface area contributed by atoms with Crippen molar-refractivity contribution in [2.75, 3.05) is 6.54 Å². The summed E-state index contributed by atoms with van der Waals surface area (Å²) in [7, 11) is 0. The van der Waals surface area contributed by atoms with Crippen LogP contribution < -0.4 is 5.32 Å². The van der Waals surface area contributed by atoms with Crippen molar-refractivity contribution in [3.63, 3.8) is 0 Å². The third-order valence-corrected chi connectivity index (χ3v) is 3.28. The van der Waals surface area contributed by atoms with Crippen LogP contribution in [0.5, 0.6) is 0 Å². The van der Waals surface area contributed by atoms with Gasteiger partial charge >= 0.3 is 0 Å². The quantitative estimate of drug-likeness (QED) is 0.838. The maximum Gasteiger partial charge on any atom is 0.0950 e. The van der Waals surface area contributed by atoms with Gasteiger partial charge in [-0.05, 0) is 24.1 Å². The van der Waals surface area contributed by atoms with Gasteiger partial charge in [0.2, 0.25) is 0 Å². The van der Waals surface area contributed by atoms with Gasteiger partial charge in [-0.2, -0.15) is 0 Å². The number of hydrogen-bond acceptors (Lipinski definition) is 3. The molecule has 0 fully saturated rings. The van der Waals surface area contributed by atoms with Gasteiger partial charge in [0.05, 0.1) is 12.5 Å². The van der Waals surface area contributed by atoms with E-state index < -0.39 is 0 Å². The van der Waals surface area contributed by atoms with E-state index in [1.807, 2.05) is 12.3 Å². The molecular weight excluding hydrogens is 206 g/mol. The Kier molecular flexibility index (Phi) is 3.59. The first-order valence-electron chi connectivity index (χ1n) is 5.18. The molecule has 0 aliphatic heterocycles. The molecule has 0 amide bonds. The summed E-state index contributed by atoms with van der Waals surface area (Å²) in [6, 6.07) is 6.67. The van der Waals surface area contributed by atoms with Crippen LogP contribution in [0.3, 0.4) is 0 Å². The van der Waals surface area contributed by atoms with Gasteiger partial charge < -0.3 is 9.73 Å². The zero-order valence-electron chi connectivity index (χ0n) is 8.77. The molecule has 0 aliphatic rings. The molecule has 1 unspecified atom stereocenters. The zero-order chi connectivity index (χ0) is 10.5. The molecule has 15 heavy (non-hydrogen) atoms. The van der Waals surface area contributed by atoms with Crippen molar-refractivity contribution in [1.82, 2.24) is 5.32 Å². The molecule has 0 spiro atoms. The van der Waals surface area contributed by atoms with Crippen LogP contribution >= 0.6 is 11.3 Å². The molecule has 2 rings (SSSR count). The van der Waals surface area contributed by atoms with Crippen LogP contribution in [0.1, 0.15) is 23.4 Å². The number of nitrogens with one attached hydrogen (secondary N) is 1. The minimum absolute atomic E-state index is 0.368. The van der Waals surface area contributed by atoms with E-state index in [0.29, 0.717) is 6.04 Å². The average Bonchev–Trinajstić information content (AvgIpc) is 2.89. The van der Waals surface area contributed by atoms with Gasteiger partial charge in [-0.25, -0.2) is 0 Å². The standard InChI is InChI=1S/C12H15NOS/c1-2-13-12(10-5-6-14-9-10)8-11-4-3-7-15-11/h3-7,9,12-13H,2,8H2,1H3. The number of thiophene rings is 1. The number of furan rings is 1. The van der Waals surface area contributed by atoms with E-state index >= 15 is 0 Å². The number of rotatable bonds is 5. The molecule has 0 saturated heterocycles. The number of hydrogen-bond donors (Lipinski definition) is 1. The molecule has 0 bridgehead atoms. The molecule has 0 radical (unpaired) electrons. The van der Waals surface area contributed by atoms with Gasteiger partial charge in [-0.3, -0.25) is 0 Å². The first kappa shape index (κ1) is 10.5. The molecule has 2 heterocycles. The summed E-state index contributed by atoms with van der Waals surface area (Å²) in [4.78, 5) is 1.40. The number of likely N-dealkylation sites (N-methyl/N-ethyl adjacent to an activating group) is 1. The van der Waals surface area contributed by atoms with Crippen molar-refractivity contribution in [3.8, 4) is 0 Å². The molecule has 0 aromatic carbocycles. The zero-order valence-corrected chi connectivity index (χ0v) is 9.59. The summed E-state index contributed by atoms with van der Waals surface area (Å²) in [5, 5.41) is 5.59. The Morgan fingerprint density at radius 3 is 3.00 bits per heavy atom. The van der Waals surface area contributed by atoms with Crippen molar-refractivity contribution in [2.24, 2.45) is 0 Å². The van der Waals surface area contributed by atoms with Crippen LogP contribution in [0.25, 0.3) is 0 Å². The summed E-state index contributed by atoms with van der Waals surface area (Å²) in [6.45, 7) is 3.10. The second-order valence-electron chi connectivity index (χ2n) is 3.45. The smallest absolute Gasteiger partial charge is 0.0950 e. The summed E-state index contributed by atoms with van der Waals surface area (Å²) in [5.74, 6) is 0. The Labute approximate surface area is 93.9 Å². The van der Waals surface area contributed by atoms with Gasteiger partial charge in [-0.15, -0.1) is 11.3 Å². The molecule has 2 aromatic heterocycles. The minimum atomic E-state index is 0.368. The van der Waals surface area contributed by atoms with Crippen LogP contribution in [-0.2, 0) is 6.42 Å². The maximum atomic E-state index is 5.12. The largest absolute Gasteiger partial charge is 0.472 e. The Bertz CT molecular complexity index is 366. The van der Waals surface area contributed by atoms with E-state index in [1.54, 1.807) is 17.6 Å². The second kappa shape index (κ2) is 5.14. The summed E-state index contributed by atoms with van der Waals surface area (Å²) < 4.78 is 5.12. The van der Waals surface area contributed by atoms with E-state index in [0.717, 1.165) is 13.0 Å². The Morgan fingerprint density at radius 1 is 1.47 bits per heavy atom. The fraction of sp³-hybridized carbons (Fsp3) is 0.333. The molecule has 1 N–H and O–H groups in total. The first-order valence-corrected chi connectivity index (χ1v) is 6.06. The Hall–Kier alpha value is -1.06. The van der Waals surface area contributed by atoms with E-state index in [2.05, 4.69) is 29.8 Å². The summed E-state index contributed by atoms with van der Waals surface area (Å²) in [6.07, 6.45) is 4.58. The summed E-state index contributed by atoms with van der Waals surface area (Å²) in [5.41, 5.74) is 1.23. The van der Waals surface area contributed by atoms with Crippen LogP contribution in [0.15, 0.2) is 40.5 Å². The van der Waals surface area contributed by atoms with E-state index in [4.69, 9.17) is 4.42 Å². The molecular formula is C12H15NOS. The fourth-order valence-corrected chi connectivity index (χ4v) is 2.41. The Morgan fingerprint density at radius 2 is 2.40 bits per heavy atom. The highest BCUT2D eigenvalue weighted by molar-refractivity contribution is 7.09. The highest BCUT2D eigenvalue weighted by atomic mass is 32.1. The third kappa shape index (κ3) is 2.70. The van der Waals surface area contributed by atoms with Gasteiger partial charge in [0.25, 0.3) is 0 Å². The summed E-state index contributed by atoms with van der Waals surface area (Å²) >= 11 is 1.80. The van der Waals surface area contributed by atoms with Gasteiger partial charge in [0, 0.05) is 22.9 Å². The van der Waals surface area contributed by atoms with Gasteiger partial charge in [-0.1, -0.05) is 13.0 Å². The van der Waals surface area contributed by atoms with Crippen LogP contribution in [0.4, 0.5) is 0 Å². The van der Waals surface area contributed by atoms with Crippen molar-refractivity contribution in [3.05, 3.63) is 46.5 Å². The third-order valence-electron chi connectivity index (χ3n) is 2.38. The average molecular weight is 221 g/mol. The van der Waals surface area contributed by atoms with Crippen molar-refractivity contribution < 1.29 is 4.42 Å². The van der Waals surface area contributed by atoms with Gasteiger partial charge in [0.15, 0.2) is 0 Å². The van der Waals surface area contributed by atoms with Crippen molar-refractivity contribution >= 4 is 11.3 Å². The van der Waals surface area contributed by atoms with Crippen molar-refractivity contribution in [1.29, 1.82) is 0 Å². The first-order chi connectivity index (χ1) is 7.40. The molecule has 0 saturated carbocycles. The van der Waals surface area contributed by atoms with E-state index in [-0.39, 0.29) is 0 Å². The molecule has 3 heteroatoms. The Balaban J connectivity index is 2.07. The fourth-order valence-electron chi connectivity index (χ4n) is 1.66. The molecule has 80 valence electrons. The van der Waals surface area contributed by atoms with Crippen LogP contribution in [-0.4, -0.2) is 6.54 Å². The lowest BCUT2D eigenvalue weighted by Gasteiger charge is -2.14. The lowest BCUT2D eigenvalue weighted by molar-refractivity contribution is 0.527. The normalized spacial score (nSPS) is 12.9. The van der Waals surface area contributed by atoms with Crippen molar-refractivity contribution in [2.45, 2.75) is 19.4 Å². The lowest BCUT2D eigenvalue weighted by Crippen LogP contribution is -2.22. The van der Waals surface area contributed by atoms with Gasteiger partial charge in [0.1, 0.15) is 0 Å². The van der Waals surface area contributed by atoms with Crippen LogP contribution in [0.2, 0.25) is 0 Å². The van der Waals surface area contributed by atoms with E-state index in [9.17, 15) is 0 Å². The second-order valence-corrected chi connectivity index (χ2v) is 4.48.